The van der Waals surface area contributed by atoms with Gasteiger partial charge in [0.2, 0.25) is 11.5 Å². The largest absolute Gasteiger partial charge is 0.497 e. The average molecular weight is 481 g/mol. The second-order valence-corrected chi connectivity index (χ2v) is 9.95. The molecule has 3 atom stereocenters. The van der Waals surface area contributed by atoms with E-state index in [2.05, 4.69) is 20.8 Å². The van der Waals surface area contributed by atoms with Crippen LogP contribution in [0.3, 0.4) is 0 Å². The van der Waals surface area contributed by atoms with Crippen LogP contribution in [0.4, 0.5) is 0 Å². The van der Waals surface area contributed by atoms with Gasteiger partial charge < -0.3 is 23.7 Å². The summed E-state index contributed by atoms with van der Waals surface area (Å²) in [4.78, 5) is 25.8. The Bertz CT molecular complexity index is 1090. The Morgan fingerprint density at radius 1 is 0.943 bits per heavy atom. The molecule has 1 fully saturated rings. The molecule has 7 nitrogen and oxygen atoms in total. The van der Waals surface area contributed by atoms with Gasteiger partial charge in [0.25, 0.3) is 0 Å². The van der Waals surface area contributed by atoms with Gasteiger partial charge in [-0.2, -0.15) is 0 Å². The molecule has 0 amide bonds. The normalized spacial score (nSPS) is 21.8. The molecule has 186 valence electrons. The number of allylic oxidation sites excluding steroid dienone is 1. The quantitative estimate of drug-likeness (QED) is 0.525. The smallest absolute Gasteiger partial charge is 0.338 e. The summed E-state index contributed by atoms with van der Waals surface area (Å²) in [5.41, 5.74) is 1.57. The van der Waals surface area contributed by atoms with E-state index in [1.807, 2.05) is 24.3 Å². The fourth-order valence-electron chi connectivity index (χ4n) is 4.41. The van der Waals surface area contributed by atoms with Crippen molar-refractivity contribution in [3.63, 3.8) is 0 Å². The maximum atomic E-state index is 13.1. The fourth-order valence-corrected chi connectivity index (χ4v) is 4.41. The van der Waals surface area contributed by atoms with Gasteiger partial charge in [-0.05, 0) is 48.1 Å². The number of carbonyl (C=O) groups is 2. The first-order valence-electron chi connectivity index (χ1n) is 11.8. The highest BCUT2D eigenvalue weighted by atomic mass is 16.6. The molecular formula is C28H32O7. The van der Waals surface area contributed by atoms with Gasteiger partial charge in [0.15, 0.2) is 0 Å². The maximum absolute atomic E-state index is 13.1. The van der Waals surface area contributed by atoms with Crippen LogP contribution in [0.15, 0.2) is 54.5 Å². The van der Waals surface area contributed by atoms with E-state index in [9.17, 15) is 9.59 Å². The standard InChI is InChI=1S/C28H32O7/c1-28(2,3)18-6-8-19(9-7-18)34-25-16-33-24-15-20(10-11-23(24)26(25)29)35-27(30)17-12-21(31-4)14-22(13-17)32-5/h6-9,12-14,16,20,23-24H,10-11,15H2,1-5H3. The molecule has 7 heteroatoms. The van der Waals surface area contributed by atoms with Crippen LogP contribution in [-0.2, 0) is 19.7 Å². The minimum absolute atomic E-state index is 0.0372. The number of Topliss-reactive ketones (excluding diaryl/α,β-unsaturated/α-hetero) is 1. The number of rotatable bonds is 6. The fraction of sp³-hybridized carbons (Fsp3) is 0.429. The number of carbonyl (C=O) groups excluding carboxylic acids is 2. The third-order valence-corrected chi connectivity index (χ3v) is 6.48. The highest BCUT2D eigenvalue weighted by Crippen LogP contribution is 2.36. The van der Waals surface area contributed by atoms with Crippen LogP contribution in [0.25, 0.3) is 0 Å². The van der Waals surface area contributed by atoms with Crippen LogP contribution in [0.2, 0.25) is 0 Å². The van der Waals surface area contributed by atoms with E-state index in [4.69, 9.17) is 23.7 Å². The Morgan fingerprint density at radius 2 is 1.60 bits per heavy atom. The minimum atomic E-state index is -0.467. The zero-order valence-corrected chi connectivity index (χ0v) is 20.8. The molecule has 0 bridgehead atoms. The first-order chi connectivity index (χ1) is 16.7. The van der Waals surface area contributed by atoms with Gasteiger partial charge in [0.05, 0.1) is 25.7 Å². The molecule has 1 saturated carbocycles. The highest BCUT2D eigenvalue weighted by Gasteiger charge is 2.42. The Morgan fingerprint density at radius 3 is 2.20 bits per heavy atom. The lowest BCUT2D eigenvalue weighted by molar-refractivity contribution is -0.132. The summed E-state index contributed by atoms with van der Waals surface area (Å²) in [7, 11) is 3.05. The summed E-state index contributed by atoms with van der Waals surface area (Å²) in [5.74, 6) is 0.939. The summed E-state index contributed by atoms with van der Waals surface area (Å²) < 4.78 is 27.9. The van der Waals surface area contributed by atoms with Gasteiger partial charge in [-0.15, -0.1) is 0 Å². The molecule has 3 unspecified atom stereocenters. The predicted octanol–water partition coefficient (Wildman–Crippen LogP) is 5.22. The summed E-state index contributed by atoms with van der Waals surface area (Å²) in [6, 6.07) is 12.6. The van der Waals surface area contributed by atoms with Gasteiger partial charge in [-0.1, -0.05) is 32.9 Å². The van der Waals surface area contributed by atoms with Gasteiger partial charge in [-0.3, -0.25) is 4.79 Å². The Kier molecular flexibility index (Phi) is 7.05. The van der Waals surface area contributed by atoms with Gasteiger partial charge in [0.1, 0.15) is 35.7 Å². The number of fused-ring (bicyclic) bond motifs is 1. The maximum Gasteiger partial charge on any atom is 0.338 e. The van der Waals surface area contributed by atoms with E-state index in [-0.39, 0.29) is 35.1 Å². The first kappa shape index (κ1) is 24.6. The van der Waals surface area contributed by atoms with Crippen molar-refractivity contribution in [2.45, 2.75) is 57.7 Å². The molecule has 35 heavy (non-hydrogen) atoms. The molecule has 2 aromatic rings. The first-order valence-corrected chi connectivity index (χ1v) is 11.8. The van der Waals surface area contributed by atoms with Crippen LogP contribution >= 0.6 is 0 Å². The Hall–Kier alpha value is -3.48. The van der Waals surface area contributed by atoms with Gasteiger partial charge in [-0.25, -0.2) is 4.79 Å². The minimum Gasteiger partial charge on any atom is -0.497 e. The van der Waals surface area contributed by atoms with E-state index in [0.29, 0.717) is 42.1 Å². The number of hydrogen-bond acceptors (Lipinski definition) is 7. The van der Waals surface area contributed by atoms with Crippen LogP contribution < -0.4 is 14.2 Å². The van der Waals surface area contributed by atoms with E-state index in [1.54, 1.807) is 18.2 Å². The molecule has 0 radical (unpaired) electrons. The number of ether oxygens (including phenoxy) is 5. The number of methoxy groups -OCH3 is 2. The summed E-state index contributed by atoms with van der Waals surface area (Å²) in [6.45, 7) is 6.43. The van der Waals surface area contributed by atoms with Crippen molar-refractivity contribution in [1.82, 2.24) is 0 Å². The molecule has 1 aliphatic heterocycles. The number of esters is 1. The third kappa shape index (κ3) is 5.61. The van der Waals surface area contributed by atoms with Crippen LogP contribution in [0, 0.1) is 5.92 Å². The lowest BCUT2D eigenvalue weighted by atomic mass is 9.80. The summed E-state index contributed by atoms with van der Waals surface area (Å²) >= 11 is 0. The van der Waals surface area contributed by atoms with E-state index >= 15 is 0 Å². The average Bonchev–Trinajstić information content (AvgIpc) is 2.85. The summed E-state index contributed by atoms with van der Waals surface area (Å²) in [6.07, 6.45) is 2.23. The molecule has 2 aliphatic rings. The van der Waals surface area contributed by atoms with Crippen molar-refractivity contribution in [1.29, 1.82) is 0 Å². The van der Waals surface area contributed by atoms with Crippen LogP contribution in [0.5, 0.6) is 17.2 Å². The van der Waals surface area contributed by atoms with Crippen LogP contribution in [-0.4, -0.2) is 38.2 Å². The van der Waals surface area contributed by atoms with Gasteiger partial charge in [0, 0.05) is 12.5 Å². The van der Waals surface area contributed by atoms with E-state index < -0.39 is 5.97 Å². The highest BCUT2D eigenvalue weighted by molar-refractivity contribution is 5.96. The number of benzene rings is 2. The Labute approximate surface area is 206 Å². The molecular weight excluding hydrogens is 448 g/mol. The lowest BCUT2D eigenvalue weighted by Crippen LogP contribution is -2.43. The molecule has 2 aromatic carbocycles. The molecule has 0 saturated heterocycles. The van der Waals surface area contributed by atoms with Crippen molar-refractivity contribution in [3.05, 3.63) is 65.6 Å². The number of ketones is 1. The molecule has 0 aromatic heterocycles. The Balaban J connectivity index is 1.38. The van der Waals surface area contributed by atoms with Crippen LogP contribution in [0.1, 0.15) is 56.0 Å². The second-order valence-electron chi connectivity index (χ2n) is 9.95. The molecule has 0 spiro atoms. The van der Waals surface area contributed by atoms with Crippen molar-refractivity contribution in [2.75, 3.05) is 14.2 Å². The topological polar surface area (TPSA) is 80.3 Å². The molecule has 1 heterocycles. The zero-order chi connectivity index (χ0) is 25.2. The monoisotopic (exact) mass is 480 g/mol. The molecule has 4 rings (SSSR count). The predicted molar refractivity (Wildman–Crippen MR) is 130 cm³/mol. The van der Waals surface area contributed by atoms with Gasteiger partial charge >= 0.3 is 5.97 Å². The van der Waals surface area contributed by atoms with Crippen molar-refractivity contribution >= 4 is 11.8 Å². The van der Waals surface area contributed by atoms with E-state index in [0.717, 1.165) is 0 Å². The zero-order valence-electron chi connectivity index (χ0n) is 20.8. The van der Waals surface area contributed by atoms with Crippen molar-refractivity contribution < 1.29 is 33.3 Å². The van der Waals surface area contributed by atoms with Crippen molar-refractivity contribution in [3.8, 4) is 17.2 Å². The lowest BCUT2D eigenvalue weighted by Gasteiger charge is -2.36. The summed E-state index contributed by atoms with van der Waals surface area (Å²) in [5, 5.41) is 0. The molecule has 1 aliphatic carbocycles. The second kappa shape index (κ2) is 10.0. The number of hydrogen-bond donors (Lipinski definition) is 0. The van der Waals surface area contributed by atoms with Crippen molar-refractivity contribution in [2.24, 2.45) is 5.92 Å². The van der Waals surface area contributed by atoms with E-state index in [1.165, 1.54) is 26.0 Å². The SMILES string of the molecule is COc1cc(OC)cc(C(=O)OC2CCC3C(=O)C(Oc4ccc(C(C)(C)C)cc4)=COC3C2)c1. The molecule has 0 N–H and O–H groups in total. The third-order valence-electron chi connectivity index (χ3n) is 6.48.